The van der Waals surface area contributed by atoms with Gasteiger partial charge in [0.05, 0.1) is 12.5 Å². The summed E-state index contributed by atoms with van der Waals surface area (Å²) in [4.78, 5) is 40.6. The summed E-state index contributed by atoms with van der Waals surface area (Å²) in [6.45, 7) is 2.51. The highest BCUT2D eigenvalue weighted by molar-refractivity contribution is 9.10. The van der Waals surface area contributed by atoms with Crippen molar-refractivity contribution in [1.82, 2.24) is 9.80 Å². The summed E-state index contributed by atoms with van der Waals surface area (Å²) < 4.78 is 0.928. The van der Waals surface area contributed by atoms with Crippen molar-refractivity contribution < 1.29 is 14.4 Å². The number of carbonyl (C=O) groups is 3. The van der Waals surface area contributed by atoms with E-state index < -0.39 is 5.92 Å². The summed E-state index contributed by atoms with van der Waals surface area (Å²) in [5, 5.41) is 3.42. The van der Waals surface area contributed by atoms with Gasteiger partial charge >= 0.3 is 0 Å². The summed E-state index contributed by atoms with van der Waals surface area (Å²) in [6.07, 6.45) is 0.140. The average molecular weight is 493 g/mol. The maximum Gasteiger partial charge on any atom is 0.243 e. The topological polar surface area (TPSA) is 69.7 Å². The minimum atomic E-state index is -0.466. The van der Waals surface area contributed by atoms with Gasteiger partial charge in [0.15, 0.2) is 0 Å². The summed E-state index contributed by atoms with van der Waals surface area (Å²) in [7, 11) is 1.58. The van der Waals surface area contributed by atoms with E-state index in [0.717, 1.165) is 15.6 Å². The third kappa shape index (κ3) is 5.40. The number of benzene rings is 2. The zero-order chi connectivity index (χ0) is 21.8. The average Bonchev–Trinajstić information content (AvgIpc) is 3.05. The molecular weight excluding hydrogens is 470 g/mol. The monoisotopic (exact) mass is 491 g/mol. The Morgan fingerprint density at radius 2 is 2.00 bits per heavy atom. The molecule has 8 heteroatoms. The Morgan fingerprint density at radius 1 is 1.27 bits per heavy atom. The highest BCUT2D eigenvalue weighted by Gasteiger charge is 2.36. The summed E-state index contributed by atoms with van der Waals surface area (Å²) in [6, 6.07) is 12.9. The molecular formula is C22H23BrClN3O3. The molecule has 2 aromatic carbocycles. The Balaban J connectivity index is 1.56. The van der Waals surface area contributed by atoms with Crippen molar-refractivity contribution in [2.75, 3.05) is 25.5 Å². The molecule has 0 bridgehead atoms. The quantitative estimate of drug-likeness (QED) is 0.666. The van der Waals surface area contributed by atoms with E-state index in [1.807, 2.05) is 37.3 Å². The molecule has 158 valence electrons. The van der Waals surface area contributed by atoms with E-state index >= 15 is 0 Å². The number of hydrogen-bond acceptors (Lipinski definition) is 3. The second-order valence-electron chi connectivity index (χ2n) is 7.47. The highest BCUT2D eigenvalue weighted by Crippen LogP contribution is 2.25. The Bertz CT molecular complexity index is 982. The number of rotatable bonds is 6. The zero-order valence-electron chi connectivity index (χ0n) is 16.8. The molecule has 0 unspecified atom stereocenters. The summed E-state index contributed by atoms with van der Waals surface area (Å²) in [5.41, 5.74) is 2.47. The van der Waals surface area contributed by atoms with Gasteiger partial charge in [0.25, 0.3) is 0 Å². The van der Waals surface area contributed by atoms with Crippen LogP contribution in [0.25, 0.3) is 0 Å². The van der Waals surface area contributed by atoms with Gasteiger partial charge in [0, 0.05) is 41.7 Å². The lowest BCUT2D eigenvalue weighted by Crippen LogP contribution is -2.39. The van der Waals surface area contributed by atoms with Crippen molar-refractivity contribution in [2.45, 2.75) is 19.9 Å². The first-order valence-corrected chi connectivity index (χ1v) is 10.7. The van der Waals surface area contributed by atoms with E-state index in [2.05, 4.69) is 21.2 Å². The van der Waals surface area contributed by atoms with Gasteiger partial charge in [-0.05, 0) is 42.3 Å². The number of likely N-dealkylation sites (tertiary alicyclic amines) is 1. The van der Waals surface area contributed by atoms with E-state index in [-0.39, 0.29) is 30.7 Å². The molecule has 6 nitrogen and oxygen atoms in total. The number of amides is 3. The summed E-state index contributed by atoms with van der Waals surface area (Å²) >= 11 is 9.57. The molecule has 0 radical (unpaired) electrons. The van der Waals surface area contributed by atoms with Crippen LogP contribution in [0.2, 0.25) is 5.02 Å². The minimum Gasteiger partial charge on any atom is -0.337 e. The standard InChI is InChI=1S/C22H23BrClN3O3/c1-14-9-17(23)7-8-19(14)25-20(28)13-26(2)22(30)16-10-21(29)27(12-16)11-15-5-3-4-6-18(15)24/h3-9,16H,10-13H2,1-2H3,(H,25,28)/t16-/m1/s1. The molecule has 1 N–H and O–H groups in total. The Morgan fingerprint density at radius 3 is 2.70 bits per heavy atom. The molecule has 0 spiro atoms. The first-order chi connectivity index (χ1) is 14.2. The van der Waals surface area contributed by atoms with Gasteiger partial charge in [-0.25, -0.2) is 0 Å². The second-order valence-corrected chi connectivity index (χ2v) is 8.79. The van der Waals surface area contributed by atoms with E-state index in [1.54, 1.807) is 24.1 Å². The fourth-order valence-corrected chi connectivity index (χ4v) is 4.16. The number of nitrogens with zero attached hydrogens (tertiary/aromatic N) is 2. The molecule has 3 amide bonds. The molecule has 1 atom stereocenters. The summed E-state index contributed by atoms with van der Waals surface area (Å²) in [5.74, 6) is -1.05. The lowest BCUT2D eigenvalue weighted by Gasteiger charge is -2.21. The smallest absolute Gasteiger partial charge is 0.243 e. The van der Waals surface area contributed by atoms with Crippen molar-refractivity contribution in [3.8, 4) is 0 Å². The highest BCUT2D eigenvalue weighted by atomic mass is 79.9. The Hall–Kier alpha value is -2.38. The van der Waals surface area contributed by atoms with Crippen molar-refractivity contribution in [3.63, 3.8) is 0 Å². The molecule has 1 saturated heterocycles. The van der Waals surface area contributed by atoms with Crippen LogP contribution in [0.4, 0.5) is 5.69 Å². The van der Waals surface area contributed by atoms with Crippen LogP contribution in [0.3, 0.4) is 0 Å². The van der Waals surface area contributed by atoms with Crippen LogP contribution < -0.4 is 5.32 Å². The third-order valence-corrected chi connectivity index (χ3v) is 5.96. The molecule has 1 heterocycles. The van der Waals surface area contributed by atoms with Crippen LogP contribution in [-0.2, 0) is 20.9 Å². The first kappa shape index (κ1) is 22.3. The Labute approximate surface area is 189 Å². The Kier molecular flexibility index (Phi) is 7.15. The molecule has 30 heavy (non-hydrogen) atoms. The first-order valence-electron chi connectivity index (χ1n) is 9.56. The number of carbonyl (C=O) groups excluding carboxylic acids is 3. The van der Waals surface area contributed by atoms with Crippen LogP contribution >= 0.6 is 27.5 Å². The van der Waals surface area contributed by atoms with Gasteiger partial charge in [0.1, 0.15) is 0 Å². The van der Waals surface area contributed by atoms with Gasteiger partial charge < -0.3 is 15.1 Å². The fourth-order valence-electron chi connectivity index (χ4n) is 3.48. The number of hydrogen-bond donors (Lipinski definition) is 1. The molecule has 0 saturated carbocycles. The predicted molar refractivity (Wildman–Crippen MR) is 120 cm³/mol. The van der Waals surface area contributed by atoms with E-state index in [4.69, 9.17) is 11.6 Å². The van der Waals surface area contributed by atoms with E-state index in [0.29, 0.717) is 23.8 Å². The molecule has 3 rings (SSSR count). The van der Waals surface area contributed by atoms with Crippen LogP contribution in [0.5, 0.6) is 0 Å². The van der Waals surface area contributed by atoms with Gasteiger partial charge in [0.2, 0.25) is 17.7 Å². The number of nitrogens with one attached hydrogen (secondary N) is 1. The maximum atomic E-state index is 12.8. The number of halogens is 2. The molecule has 1 aliphatic rings. The van der Waals surface area contributed by atoms with E-state index in [9.17, 15) is 14.4 Å². The lowest BCUT2D eigenvalue weighted by atomic mass is 10.1. The van der Waals surface area contributed by atoms with Gasteiger partial charge in [-0.2, -0.15) is 0 Å². The van der Waals surface area contributed by atoms with Crippen molar-refractivity contribution in [3.05, 3.63) is 63.1 Å². The van der Waals surface area contributed by atoms with Crippen LogP contribution in [0, 0.1) is 12.8 Å². The SMILES string of the molecule is Cc1cc(Br)ccc1NC(=O)CN(C)C(=O)[C@@H]1CC(=O)N(Cc2ccccc2Cl)C1. The van der Waals surface area contributed by atoms with Crippen molar-refractivity contribution in [1.29, 1.82) is 0 Å². The van der Waals surface area contributed by atoms with Crippen molar-refractivity contribution in [2.24, 2.45) is 5.92 Å². The van der Waals surface area contributed by atoms with Crippen molar-refractivity contribution >= 4 is 50.9 Å². The van der Waals surface area contributed by atoms with Crippen LogP contribution in [0.1, 0.15) is 17.5 Å². The van der Waals surface area contributed by atoms with Gasteiger partial charge in [-0.1, -0.05) is 45.7 Å². The molecule has 2 aromatic rings. The largest absolute Gasteiger partial charge is 0.337 e. The van der Waals surface area contributed by atoms with Gasteiger partial charge in [-0.3, -0.25) is 14.4 Å². The zero-order valence-corrected chi connectivity index (χ0v) is 19.2. The fraction of sp³-hybridized carbons (Fsp3) is 0.318. The number of aryl methyl sites for hydroxylation is 1. The minimum absolute atomic E-state index is 0.0798. The number of likely N-dealkylation sites (N-methyl/N-ethyl adjacent to an activating group) is 1. The van der Waals surface area contributed by atoms with E-state index in [1.165, 1.54) is 4.90 Å². The maximum absolute atomic E-state index is 12.8. The number of anilines is 1. The molecule has 0 aliphatic carbocycles. The molecule has 1 aliphatic heterocycles. The van der Waals surface area contributed by atoms with Gasteiger partial charge in [-0.15, -0.1) is 0 Å². The predicted octanol–water partition coefficient (Wildman–Crippen LogP) is 3.86. The normalized spacial score (nSPS) is 15.9. The second kappa shape index (κ2) is 9.62. The van der Waals surface area contributed by atoms with Crippen LogP contribution in [0.15, 0.2) is 46.9 Å². The molecule has 0 aromatic heterocycles. The van der Waals surface area contributed by atoms with Crippen LogP contribution in [-0.4, -0.2) is 47.7 Å². The molecule has 1 fully saturated rings. The third-order valence-electron chi connectivity index (χ3n) is 5.10. The lowest BCUT2D eigenvalue weighted by molar-refractivity contribution is -0.137.